The molecule has 23 heavy (non-hydrogen) atoms. The van der Waals surface area contributed by atoms with Gasteiger partial charge in [0, 0.05) is 24.7 Å². The maximum atomic E-state index is 12.0. The lowest BCUT2D eigenvalue weighted by molar-refractivity contribution is -0.114. The van der Waals surface area contributed by atoms with Gasteiger partial charge in [-0.3, -0.25) is 9.59 Å². The Morgan fingerprint density at radius 1 is 1.00 bits per heavy atom. The molecule has 0 aliphatic carbocycles. The van der Waals surface area contributed by atoms with E-state index in [1.807, 2.05) is 0 Å². The molecule has 2 N–H and O–H groups in total. The molecule has 0 saturated carbocycles. The highest BCUT2D eigenvalue weighted by molar-refractivity contribution is 5.95. The number of unbranched alkanes of at least 4 members (excludes halogenated alkanes) is 2. The fourth-order valence-electron chi connectivity index (χ4n) is 2.39. The number of hydrogen-bond donors (Lipinski definition) is 2. The third-order valence-electron chi connectivity index (χ3n) is 3.80. The van der Waals surface area contributed by atoms with E-state index in [-0.39, 0.29) is 11.8 Å². The van der Waals surface area contributed by atoms with Gasteiger partial charge in [-0.25, -0.2) is 0 Å². The molecule has 0 aliphatic heterocycles. The highest BCUT2D eigenvalue weighted by Gasteiger charge is 2.05. The van der Waals surface area contributed by atoms with Gasteiger partial charge in [0.15, 0.2) is 0 Å². The van der Waals surface area contributed by atoms with Crippen LogP contribution >= 0.6 is 0 Å². The number of anilines is 1. The summed E-state index contributed by atoms with van der Waals surface area (Å²) < 4.78 is 0. The van der Waals surface area contributed by atoms with Crippen LogP contribution in [0.25, 0.3) is 0 Å². The van der Waals surface area contributed by atoms with Gasteiger partial charge >= 0.3 is 0 Å². The molecule has 0 saturated heterocycles. The average Bonchev–Trinajstić information content (AvgIpc) is 2.54. The number of nitrogens with zero attached hydrogens (tertiary/aromatic N) is 1. The Morgan fingerprint density at radius 2 is 1.65 bits per heavy atom. The molecule has 0 fully saturated rings. The van der Waals surface area contributed by atoms with Gasteiger partial charge < -0.3 is 15.5 Å². The van der Waals surface area contributed by atoms with Crippen molar-refractivity contribution >= 4 is 17.5 Å². The van der Waals surface area contributed by atoms with Crippen molar-refractivity contribution in [2.75, 3.05) is 31.5 Å². The molecule has 0 spiro atoms. The molecular formula is C18H29N3O2. The minimum atomic E-state index is -0.119. The Labute approximate surface area is 139 Å². The Hall–Kier alpha value is -1.88. The number of carbonyl (C=O) groups excluding carboxylic acids is 2. The molecule has 0 bridgehead atoms. The van der Waals surface area contributed by atoms with Gasteiger partial charge in [-0.05, 0) is 56.7 Å². The molecule has 1 rings (SSSR count). The molecule has 128 valence electrons. The summed E-state index contributed by atoms with van der Waals surface area (Å²) in [5, 5.41) is 5.62. The lowest BCUT2D eigenvalue weighted by Crippen LogP contribution is -2.25. The van der Waals surface area contributed by atoms with E-state index < -0.39 is 0 Å². The maximum absolute atomic E-state index is 12.0. The molecular weight excluding hydrogens is 290 g/mol. The molecule has 0 unspecified atom stereocenters. The first-order valence-corrected chi connectivity index (χ1v) is 8.45. The first-order valence-electron chi connectivity index (χ1n) is 8.45. The van der Waals surface area contributed by atoms with Crippen molar-refractivity contribution in [2.45, 2.75) is 40.0 Å². The zero-order valence-electron chi connectivity index (χ0n) is 14.5. The minimum absolute atomic E-state index is 0.0666. The van der Waals surface area contributed by atoms with Crippen molar-refractivity contribution in [2.24, 2.45) is 0 Å². The molecule has 0 radical (unpaired) electrons. The molecule has 0 heterocycles. The number of hydrogen-bond acceptors (Lipinski definition) is 3. The average molecular weight is 319 g/mol. The first kappa shape index (κ1) is 19.2. The van der Waals surface area contributed by atoms with Crippen molar-refractivity contribution in [3.05, 3.63) is 29.8 Å². The molecule has 0 atom stereocenters. The van der Waals surface area contributed by atoms with Gasteiger partial charge in [-0.15, -0.1) is 0 Å². The highest BCUT2D eigenvalue weighted by Crippen LogP contribution is 2.09. The van der Waals surface area contributed by atoms with Gasteiger partial charge in [0.2, 0.25) is 5.91 Å². The van der Waals surface area contributed by atoms with Gasteiger partial charge in [-0.2, -0.15) is 0 Å². The third-order valence-corrected chi connectivity index (χ3v) is 3.80. The summed E-state index contributed by atoms with van der Waals surface area (Å²) in [6, 6.07) is 6.92. The van der Waals surface area contributed by atoms with Gasteiger partial charge in [0.25, 0.3) is 5.91 Å². The lowest BCUT2D eigenvalue weighted by Gasteiger charge is -2.17. The van der Waals surface area contributed by atoms with E-state index in [9.17, 15) is 9.59 Å². The quantitative estimate of drug-likeness (QED) is 0.652. The third kappa shape index (κ3) is 7.79. The molecule has 2 amide bonds. The van der Waals surface area contributed by atoms with Crippen LogP contribution in [0.15, 0.2) is 24.3 Å². The van der Waals surface area contributed by atoms with E-state index in [1.165, 1.54) is 13.3 Å². The molecule has 0 aliphatic rings. The van der Waals surface area contributed by atoms with E-state index in [1.54, 1.807) is 24.3 Å². The second-order valence-corrected chi connectivity index (χ2v) is 5.60. The number of carbonyl (C=O) groups is 2. The van der Waals surface area contributed by atoms with Crippen LogP contribution < -0.4 is 10.6 Å². The Balaban J connectivity index is 2.22. The summed E-state index contributed by atoms with van der Waals surface area (Å²) in [5.41, 5.74) is 1.31. The summed E-state index contributed by atoms with van der Waals surface area (Å²) in [5.74, 6) is -0.185. The van der Waals surface area contributed by atoms with Crippen molar-refractivity contribution in [3.8, 4) is 0 Å². The van der Waals surface area contributed by atoms with Crippen molar-refractivity contribution in [1.29, 1.82) is 0 Å². The number of rotatable bonds is 10. The van der Waals surface area contributed by atoms with Crippen LogP contribution in [0.5, 0.6) is 0 Å². The van der Waals surface area contributed by atoms with Gasteiger partial charge in [0.1, 0.15) is 0 Å². The monoisotopic (exact) mass is 319 g/mol. The Morgan fingerprint density at radius 3 is 2.22 bits per heavy atom. The normalized spacial score (nSPS) is 10.6. The Kier molecular flexibility index (Phi) is 8.98. The molecule has 1 aromatic carbocycles. The summed E-state index contributed by atoms with van der Waals surface area (Å²) in [6.07, 6.45) is 3.29. The van der Waals surface area contributed by atoms with Crippen molar-refractivity contribution < 1.29 is 9.59 Å². The zero-order valence-corrected chi connectivity index (χ0v) is 14.5. The summed E-state index contributed by atoms with van der Waals surface area (Å²) in [6.45, 7) is 9.85. The second kappa shape index (κ2) is 10.8. The standard InChI is InChI=1S/C18H29N3O2/c1-4-21(5-2)14-8-6-7-13-19-18(23)16-9-11-17(12-10-16)20-15(3)22/h9-12H,4-8,13-14H2,1-3H3,(H,19,23)(H,20,22). The number of nitrogens with one attached hydrogen (secondary N) is 2. The zero-order chi connectivity index (χ0) is 17.1. The predicted octanol–water partition coefficient (Wildman–Crippen LogP) is 2.89. The van der Waals surface area contributed by atoms with Crippen LogP contribution in [0.3, 0.4) is 0 Å². The number of benzene rings is 1. The van der Waals surface area contributed by atoms with Crippen LogP contribution in [0, 0.1) is 0 Å². The molecule has 0 aromatic heterocycles. The molecule has 5 nitrogen and oxygen atoms in total. The fraction of sp³-hybridized carbons (Fsp3) is 0.556. The summed E-state index contributed by atoms with van der Waals surface area (Å²) in [7, 11) is 0. The van der Waals surface area contributed by atoms with E-state index in [4.69, 9.17) is 0 Å². The smallest absolute Gasteiger partial charge is 0.251 e. The predicted molar refractivity (Wildman–Crippen MR) is 94.7 cm³/mol. The topological polar surface area (TPSA) is 61.4 Å². The first-order chi connectivity index (χ1) is 11.1. The van der Waals surface area contributed by atoms with Crippen LogP contribution in [-0.4, -0.2) is 42.9 Å². The SMILES string of the molecule is CCN(CC)CCCCCNC(=O)c1ccc(NC(C)=O)cc1. The van der Waals surface area contributed by atoms with E-state index in [0.29, 0.717) is 17.8 Å². The van der Waals surface area contributed by atoms with Gasteiger partial charge in [0.05, 0.1) is 0 Å². The second-order valence-electron chi connectivity index (χ2n) is 5.60. The van der Waals surface area contributed by atoms with Crippen LogP contribution in [0.2, 0.25) is 0 Å². The maximum Gasteiger partial charge on any atom is 0.251 e. The van der Waals surface area contributed by atoms with Crippen LogP contribution in [0.4, 0.5) is 5.69 Å². The largest absolute Gasteiger partial charge is 0.352 e. The highest BCUT2D eigenvalue weighted by atomic mass is 16.2. The van der Waals surface area contributed by atoms with E-state index >= 15 is 0 Å². The molecule has 5 heteroatoms. The van der Waals surface area contributed by atoms with E-state index in [2.05, 4.69) is 29.4 Å². The van der Waals surface area contributed by atoms with E-state index in [0.717, 1.165) is 32.5 Å². The van der Waals surface area contributed by atoms with Crippen LogP contribution in [-0.2, 0) is 4.79 Å². The van der Waals surface area contributed by atoms with Crippen LogP contribution in [0.1, 0.15) is 50.4 Å². The summed E-state index contributed by atoms with van der Waals surface area (Å²) in [4.78, 5) is 25.4. The van der Waals surface area contributed by atoms with Crippen molar-refractivity contribution in [3.63, 3.8) is 0 Å². The van der Waals surface area contributed by atoms with Gasteiger partial charge in [-0.1, -0.05) is 20.3 Å². The molecule has 1 aromatic rings. The van der Waals surface area contributed by atoms with Crippen molar-refractivity contribution in [1.82, 2.24) is 10.2 Å². The summed E-state index contributed by atoms with van der Waals surface area (Å²) >= 11 is 0. The number of amides is 2. The lowest BCUT2D eigenvalue weighted by atomic mass is 10.2. The Bertz CT molecular complexity index is 482. The minimum Gasteiger partial charge on any atom is -0.352 e. The fourth-order valence-corrected chi connectivity index (χ4v) is 2.39.